The van der Waals surface area contributed by atoms with E-state index in [1.54, 1.807) is 0 Å². The van der Waals surface area contributed by atoms with Crippen LogP contribution in [0.5, 0.6) is 0 Å². The van der Waals surface area contributed by atoms with E-state index in [2.05, 4.69) is 15.0 Å². The van der Waals surface area contributed by atoms with Crippen molar-refractivity contribution in [2.24, 2.45) is 5.73 Å². The number of hydrogen-bond acceptors (Lipinski definition) is 5. The molecular weight excluding hydrogens is 264 g/mol. The van der Waals surface area contributed by atoms with Crippen molar-refractivity contribution >= 4 is 11.6 Å². The van der Waals surface area contributed by atoms with E-state index in [1.165, 1.54) is 0 Å². The Morgan fingerprint density at radius 3 is 3.11 bits per heavy atom. The van der Waals surface area contributed by atoms with E-state index in [9.17, 15) is 0 Å². The minimum absolute atomic E-state index is 0.260. The summed E-state index contributed by atoms with van der Waals surface area (Å²) in [4.78, 5) is 6.61. The Bertz CT molecular complexity index is 571. The van der Waals surface area contributed by atoms with Gasteiger partial charge in [0, 0.05) is 29.7 Å². The molecule has 0 amide bonds. The molecule has 100 valence electrons. The highest BCUT2D eigenvalue weighted by Gasteiger charge is 2.21. The van der Waals surface area contributed by atoms with Crippen molar-refractivity contribution in [3.05, 3.63) is 35.2 Å². The maximum Gasteiger partial charge on any atom is 0.241 e. The molecule has 1 aliphatic rings. The van der Waals surface area contributed by atoms with Gasteiger partial charge in [0.2, 0.25) is 11.7 Å². The van der Waals surface area contributed by atoms with Crippen molar-refractivity contribution < 1.29 is 4.52 Å². The van der Waals surface area contributed by atoms with E-state index in [0.717, 1.165) is 25.1 Å². The third kappa shape index (κ3) is 2.94. The Morgan fingerprint density at radius 2 is 2.37 bits per heavy atom. The molecule has 0 saturated carbocycles. The van der Waals surface area contributed by atoms with Gasteiger partial charge in [0.1, 0.15) is 0 Å². The Labute approximate surface area is 116 Å². The molecule has 5 nitrogen and oxygen atoms in total. The van der Waals surface area contributed by atoms with Crippen molar-refractivity contribution in [1.29, 1.82) is 0 Å². The van der Waals surface area contributed by atoms with Crippen LogP contribution in [0, 0.1) is 0 Å². The van der Waals surface area contributed by atoms with Gasteiger partial charge in [0.15, 0.2) is 0 Å². The van der Waals surface area contributed by atoms with Crippen molar-refractivity contribution in [3.63, 3.8) is 0 Å². The largest absolute Gasteiger partial charge is 0.338 e. The summed E-state index contributed by atoms with van der Waals surface area (Å²) < 4.78 is 5.27. The molecular formula is C13H15ClN4O. The lowest BCUT2D eigenvalue weighted by Crippen LogP contribution is -2.26. The van der Waals surface area contributed by atoms with Crippen LogP contribution in [-0.4, -0.2) is 34.2 Å². The molecule has 0 spiro atoms. The predicted molar refractivity (Wildman–Crippen MR) is 72.6 cm³/mol. The molecule has 2 aromatic rings. The van der Waals surface area contributed by atoms with Crippen molar-refractivity contribution in [2.75, 3.05) is 13.1 Å². The first-order chi connectivity index (χ1) is 9.20. The average molecular weight is 279 g/mol. The van der Waals surface area contributed by atoms with Gasteiger partial charge >= 0.3 is 0 Å². The summed E-state index contributed by atoms with van der Waals surface area (Å²) in [5.74, 6) is 1.19. The van der Waals surface area contributed by atoms with Gasteiger partial charge < -0.3 is 10.3 Å². The molecule has 2 heterocycles. The molecule has 1 atom stereocenters. The lowest BCUT2D eigenvalue weighted by Gasteiger charge is -2.10. The summed E-state index contributed by atoms with van der Waals surface area (Å²) in [6.07, 6.45) is 1.02. The van der Waals surface area contributed by atoms with Crippen LogP contribution in [0.4, 0.5) is 0 Å². The van der Waals surface area contributed by atoms with Crippen LogP contribution in [0.15, 0.2) is 28.8 Å². The van der Waals surface area contributed by atoms with E-state index in [-0.39, 0.29) is 6.04 Å². The molecule has 0 radical (unpaired) electrons. The van der Waals surface area contributed by atoms with Gasteiger partial charge in [-0.3, -0.25) is 4.90 Å². The molecule has 0 aliphatic carbocycles. The molecule has 3 rings (SSSR count). The van der Waals surface area contributed by atoms with E-state index < -0.39 is 0 Å². The highest BCUT2D eigenvalue weighted by molar-refractivity contribution is 6.30. The fourth-order valence-electron chi connectivity index (χ4n) is 2.26. The molecule has 0 bridgehead atoms. The zero-order valence-corrected chi connectivity index (χ0v) is 11.2. The third-order valence-electron chi connectivity index (χ3n) is 3.22. The molecule has 2 N–H and O–H groups in total. The summed E-state index contributed by atoms with van der Waals surface area (Å²) in [5, 5.41) is 4.65. The number of nitrogens with zero attached hydrogens (tertiary/aromatic N) is 3. The van der Waals surface area contributed by atoms with Gasteiger partial charge in [-0.2, -0.15) is 4.98 Å². The van der Waals surface area contributed by atoms with Gasteiger partial charge in [0.25, 0.3) is 0 Å². The van der Waals surface area contributed by atoms with Crippen LogP contribution in [0.2, 0.25) is 5.02 Å². The van der Waals surface area contributed by atoms with E-state index in [1.807, 2.05) is 24.3 Å². The average Bonchev–Trinajstić information content (AvgIpc) is 2.99. The number of halogens is 1. The monoisotopic (exact) mass is 278 g/mol. The fourth-order valence-corrected chi connectivity index (χ4v) is 2.45. The number of nitrogens with two attached hydrogens (primary N) is 1. The molecule has 1 fully saturated rings. The third-order valence-corrected chi connectivity index (χ3v) is 3.45. The predicted octanol–water partition coefficient (Wildman–Crippen LogP) is 1.92. The quantitative estimate of drug-likeness (QED) is 0.929. The maximum atomic E-state index is 5.95. The highest BCUT2D eigenvalue weighted by atomic mass is 35.5. The normalized spacial score (nSPS) is 20.0. The highest BCUT2D eigenvalue weighted by Crippen LogP contribution is 2.20. The Morgan fingerprint density at radius 1 is 1.47 bits per heavy atom. The maximum absolute atomic E-state index is 5.95. The minimum atomic E-state index is 0.260. The van der Waals surface area contributed by atoms with Crippen molar-refractivity contribution in [3.8, 4) is 11.4 Å². The second-order valence-corrected chi connectivity index (χ2v) is 5.24. The topological polar surface area (TPSA) is 68.2 Å². The van der Waals surface area contributed by atoms with Crippen LogP contribution < -0.4 is 5.73 Å². The number of rotatable bonds is 3. The van der Waals surface area contributed by atoms with E-state index in [4.69, 9.17) is 21.9 Å². The van der Waals surface area contributed by atoms with Gasteiger partial charge in [0.05, 0.1) is 6.54 Å². The number of likely N-dealkylation sites (tertiary alicyclic amines) is 1. The van der Waals surface area contributed by atoms with E-state index >= 15 is 0 Å². The molecule has 1 aromatic carbocycles. The molecule has 0 unspecified atom stereocenters. The zero-order valence-electron chi connectivity index (χ0n) is 10.4. The first kappa shape index (κ1) is 12.6. The van der Waals surface area contributed by atoms with Crippen LogP contribution in [0.25, 0.3) is 11.4 Å². The second-order valence-electron chi connectivity index (χ2n) is 4.81. The summed E-state index contributed by atoms with van der Waals surface area (Å²) >= 11 is 5.95. The molecule has 1 saturated heterocycles. The Kier molecular flexibility index (Phi) is 3.50. The van der Waals surface area contributed by atoms with Crippen LogP contribution in [-0.2, 0) is 6.54 Å². The molecule has 19 heavy (non-hydrogen) atoms. The SMILES string of the molecule is N[C@H]1CCN(Cc2nc(-c3cccc(Cl)c3)no2)C1. The van der Waals surface area contributed by atoms with Crippen LogP contribution >= 0.6 is 11.6 Å². The number of aromatic nitrogens is 2. The van der Waals surface area contributed by atoms with Crippen molar-refractivity contribution in [1.82, 2.24) is 15.0 Å². The van der Waals surface area contributed by atoms with Crippen molar-refractivity contribution in [2.45, 2.75) is 19.0 Å². The second kappa shape index (κ2) is 5.28. The van der Waals surface area contributed by atoms with Gasteiger partial charge in [-0.1, -0.05) is 28.9 Å². The minimum Gasteiger partial charge on any atom is -0.338 e. The number of hydrogen-bond donors (Lipinski definition) is 1. The smallest absolute Gasteiger partial charge is 0.241 e. The van der Waals surface area contributed by atoms with Gasteiger partial charge in [-0.25, -0.2) is 0 Å². The van der Waals surface area contributed by atoms with Crippen LogP contribution in [0.3, 0.4) is 0 Å². The van der Waals surface area contributed by atoms with E-state index in [0.29, 0.717) is 23.3 Å². The summed E-state index contributed by atoms with van der Waals surface area (Å²) in [6.45, 7) is 2.52. The standard InChI is InChI=1S/C13H15ClN4O/c14-10-3-1-2-9(6-10)13-16-12(19-17-13)8-18-5-4-11(15)7-18/h1-3,6,11H,4-5,7-8,15H2/t11-/m0/s1. The van der Waals surface area contributed by atoms with Gasteiger partial charge in [-0.15, -0.1) is 0 Å². The summed E-state index contributed by atoms with van der Waals surface area (Å²) in [5.41, 5.74) is 6.73. The Hall–Kier alpha value is -1.43. The first-order valence-electron chi connectivity index (χ1n) is 6.27. The van der Waals surface area contributed by atoms with Crippen LogP contribution in [0.1, 0.15) is 12.3 Å². The molecule has 1 aromatic heterocycles. The lowest BCUT2D eigenvalue weighted by atomic mass is 10.2. The fraction of sp³-hybridized carbons (Fsp3) is 0.385. The zero-order chi connectivity index (χ0) is 13.2. The summed E-state index contributed by atoms with van der Waals surface area (Å²) in [7, 11) is 0. The van der Waals surface area contributed by atoms with Gasteiger partial charge in [-0.05, 0) is 18.6 Å². The lowest BCUT2D eigenvalue weighted by molar-refractivity contribution is 0.265. The summed E-state index contributed by atoms with van der Waals surface area (Å²) in [6, 6.07) is 7.68. The first-order valence-corrected chi connectivity index (χ1v) is 6.65. The Balaban J connectivity index is 1.73. The number of benzene rings is 1. The molecule has 1 aliphatic heterocycles. The molecule has 6 heteroatoms.